The molecule has 1 aromatic carbocycles. The van der Waals surface area contributed by atoms with Crippen molar-refractivity contribution in [3.63, 3.8) is 0 Å². The highest BCUT2D eigenvalue weighted by atomic mass is 16.4. The molecule has 0 aromatic heterocycles. The highest BCUT2D eigenvalue weighted by Gasteiger charge is 2.06. The van der Waals surface area contributed by atoms with Crippen LogP contribution in [0.4, 0.5) is 5.69 Å². The quantitative estimate of drug-likeness (QED) is 0.641. The predicted molar refractivity (Wildman–Crippen MR) is 83.8 cm³/mol. The lowest BCUT2D eigenvalue weighted by Crippen LogP contribution is -2.14. The van der Waals surface area contributed by atoms with Gasteiger partial charge >= 0.3 is 5.97 Å². The molecule has 5 heteroatoms. The van der Waals surface area contributed by atoms with Crippen LogP contribution in [-0.2, 0) is 9.59 Å². The monoisotopic (exact) mass is 290 g/mol. The third kappa shape index (κ3) is 7.27. The Morgan fingerprint density at radius 3 is 2.81 bits per heavy atom. The number of carbonyl (C=O) groups is 2. The van der Waals surface area contributed by atoms with Gasteiger partial charge in [-0.05, 0) is 49.1 Å². The van der Waals surface area contributed by atoms with Crippen LogP contribution in [0.15, 0.2) is 30.3 Å². The molecule has 0 saturated heterocycles. The molecule has 0 fully saturated rings. The first-order chi connectivity index (χ1) is 10.0. The predicted octanol–water partition coefficient (Wildman–Crippen LogP) is 2.49. The van der Waals surface area contributed by atoms with Gasteiger partial charge in [0.25, 0.3) is 0 Å². The van der Waals surface area contributed by atoms with E-state index in [4.69, 9.17) is 10.8 Å². The van der Waals surface area contributed by atoms with E-state index in [-0.39, 0.29) is 5.91 Å². The number of nitrogens with two attached hydrogens (primary N) is 1. The summed E-state index contributed by atoms with van der Waals surface area (Å²) in [7, 11) is 0. The average Bonchev–Trinajstić information content (AvgIpc) is 2.44. The Labute approximate surface area is 124 Å². The van der Waals surface area contributed by atoms with Gasteiger partial charge in [0.05, 0.1) is 0 Å². The molecule has 21 heavy (non-hydrogen) atoms. The Hall–Kier alpha value is -2.14. The van der Waals surface area contributed by atoms with Gasteiger partial charge in [0, 0.05) is 18.2 Å². The van der Waals surface area contributed by atoms with E-state index in [0.717, 1.165) is 24.5 Å². The van der Waals surface area contributed by atoms with E-state index in [1.165, 1.54) is 6.08 Å². The van der Waals surface area contributed by atoms with Crippen LogP contribution in [0, 0.1) is 5.92 Å². The van der Waals surface area contributed by atoms with E-state index in [1.807, 2.05) is 0 Å². The van der Waals surface area contributed by atoms with Crippen molar-refractivity contribution in [2.75, 3.05) is 11.9 Å². The Kier molecular flexibility index (Phi) is 7.18. The normalized spacial score (nSPS) is 12.3. The maximum atomic E-state index is 11.8. The second-order valence-corrected chi connectivity index (χ2v) is 5.07. The summed E-state index contributed by atoms with van der Waals surface area (Å²) in [6, 6.07) is 7.06. The molecule has 0 bridgehead atoms. The molecule has 1 amide bonds. The zero-order valence-corrected chi connectivity index (χ0v) is 12.2. The number of carboxylic acids is 1. The molecule has 1 rings (SSSR count). The number of nitrogens with one attached hydrogen (secondary N) is 1. The smallest absolute Gasteiger partial charge is 0.328 e. The number of carbonyl (C=O) groups excluding carboxylic acids is 1. The molecule has 114 valence electrons. The Balaban J connectivity index is 2.52. The van der Waals surface area contributed by atoms with Crippen LogP contribution in [0.1, 0.15) is 31.7 Å². The largest absolute Gasteiger partial charge is 0.478 e. The molecule has 4 N–H and O–H groups in total. The van der Waals surface area contributed by atoms with Crippen LogP contribution in [0.2, 0.25) is 0 Å². The van der Waals surface area contributed by atoms with Crippen LogP contribution < -0.4 is 11.1 Å². The van der Waals surface area contributed by atoms with Crippen LogP contribution in [0.3, 0.4) is 0 Å². The van der Waals surface area contributed by atoms with E-state index < -0.39 is 5.97 Å². The summed E-state index contributed by atoms with van der Waals surface area (Å²) in [4.78, 5) is 22.3. The van der Waals surface area contributed by atoms with Crippen molar-refractivity contribution in [3.05, 3.63) is 35.9 Å². The first-order valence-electron chi connectivity index (χ1n) is 7.02. The second kappa shape index (κ2) is 8.92. The number of carboxylic acid groups (broad SMARTS) is 1. The van der Waals surface area contributed by atoms with Gasteiger partial charge in [-0.15, -0.1) is 0 Å². The SMILES string of the molecule is CC(CCN)CCC(=O)Nc1cccc(/C=C/C(=O)O)c1. The van der Waals surface area contributed by atoms with Crippen LogP contribution >= 0.6 is 0 Å². The van der Waals surface area contributed by atoms with Crippen molar-refractivity contribution in [2.45, 2.75) is 26.2 Å². The van der Waals surface area contributed by atoms with E-state index in [0.29, 0.717) is 24.6 Å². The fraction of sp³-hybridized carbons (Fsp3) is 0.375. The van der Waals surface area contributed by atoms with E-state index in [2.05, 4.69) is 12.2 Å². The molecule has 1 atom stereocenters. The summed E-state index contributed by atoms with van der Waals surface area (Å²) in [5.74, 6) is -0.609. The molecule has 0 aliphatic rings. The van der Waals surface area contributed by atoms with Gasteiger partial charge in [0.2, 0.25) is 5.91 Å². The topological polar surface area (TPSA) is 92.4 Å². The second-order valence-electron chi connectivity index (χ2n) is 5.07. The van der Waals surface area contributed by atoms with Crippen molar-refractivity contribution in [2.24, 2.45) is 11.7 Å². The number of amides is 1. The number of rotatable bonds is 8. The lowest BCUT2D eigenvalue weighted by atomic mass is 10.0. The molecule has 0 heterocycles. The van der Waals surface area contributed by atoms with Gasteiger partial charge in [-0.2, -0.15) is 0 Å². The highest BCUT2D eigenvalue weighted by molar-refractivity contribution is 5.91. The van der Waals surface area contributed by atoms with Crippen molar-refractivity contribution in [1.29, 1.82) is 0 Å². The number of hydrogen-bond donors (Lipinski definition) is 3. The lowest BCUT2D eigenvalue weighted by Gasteiger charge is -2.10. The minimum Gasteiger partial charge on any atom is -0.478 e. The van der Waals surface area contributed by atoms with Gasteiger partial charge in [-0.1, -0.05) is 19.1 Å². The minimum atomic E-state index is -1.00. The van der Waals surface area contributed by atoms with Gasteiger partial charge in [-0.3, -0.25) is 4.79 Å². The minimum absolute atomic E-state index is 0.0433. The summed E-state index contributed by atoms with van der Waals surface area (Å²) in [6.07, 6.45) is 4.73. The summed E-state index contributed by atoms with van der Waals surface area (Å²) in [5, 5.41) is 11.4. The first kappa shape index (κ1) is 16.9. The van der Waals surface area contributed by atoms with Crippen LogP contribution in [0.5, 0.6) is 0 Å². The molecule has 0 aliphatic carbocycles. The molecule has 0 spiro atoms. The van der Waals surface area contributed by atoms with Gasteiger partial charge in [0.1, 0.15) is 0 Å². The molecule has 1 aromatic rings. The third-order valence-electron chi connectivity index (χ3n) is 3.11. The fourth-order valence-electron chi connectivity index (χ4n) is 1.92. The van der Waals surface area contributed by atoms with Crippen molar-refractivity contribution in [3.8, 4) is 0 Å². The molecule has 1 unspecified atom stereocenters. The van der Waals surface area contributed by atoms with Crippen molar-refractivity contribution < 1.29 is 14.7 Å². The lowest BCUT2D eigenvalue weighted by molar-refractivity contribution is -0.131. The third-order valence-corrected chi connectivity index (χ3v) is 3.11. The summed E-state index contributed by atoms with van der Waals surface area (Å²) >= 11 is 0. The summed E-state index contributed by atoms with van der Waals surface area (Å²) in [5.41, 5.74) is 6.87. The molecule has 0 radical (unpaired) electrons. The van der Waals surface area contributed by atoms with Gasteiger partial charge < -0.3 is 16.2 Å². The van der Waals surface area contributed by atoms with E-state index in [9.17, 15) is 9.59 Å². The molecule has 0 aliphatic heterocycles. The maximum Gasteiger partial charge on any atom is 0.328 e. The zero-order chi connectivity index (χ0) is 15.7. The molecular formula is C16H22N2O3. The average molecular weight is 290 g/mol. The maximum absolute atomic E-state index is 11.8. The van der Waals surface area contributed by atoms with E-state index >= 15 is 0 Å². The van der Waals surface area contributed by atoms with Crippen LogP contribution in [0.25, 0.3) is 6.08 Å². The molecule has 5 nitrogen and oxygen atoms in total. The van der Waals surface area contributed by atoms with E-state index in [1.54, 1.807) is 24.3 Å². The molecular weight excluding hydrogens is 268 g/mol. The number of anilines is 1. The molecule has 0 saturated carbocycles. The fourth-order valence-corrected chi connectivity index (χ4v) is 1.92. The summed E-state index contributed by atoms with van der Waals surface area (Å²) < 4.78 is 0. The first-order valence-corrected chi connectivity index (χ1v) is 7.02. The Morgan fingerprint density at radius 1 is 1.38 bits per heavy atom. The standard InChI is InChI=1S/C16H22N2O3/c1-12(9-10-17)5-7-15(19)18-14-4-2-3-13(11-14)6-8-16(20)21/h2-4,6,8,11-12H,5,7,9-10,17H2,1H3,(H,18,19)(H,20,21)/b8-6+. The Bertz CT molecular complexity index is 512. The Morgan fingerprint density at radius 2 is 2.14 bits per heavy atom. The number of benzene rings is 1. The van der Waals surface area contributed by atoms with Crippen molar-refractivity contribution in [1.82, 2.24) is 0 Å². The van der Waals surface area contributed by atoms with Crippen LogP contribution in [-0.4, -0.2) is 23.5 Å². The van der Waals surface area contributed by atoms with Gasteiger partial charge in [0.15, 0.2) is 0 Å². The van der Waals surface area contributed by atoms with Gasteiger partial charge in [-0.25, -0.2) is 4.79 Å². The number of hydrogen-bond acceptors (Lipinski definition) is 3. The highest BCUT2D eigenvalue weighted by Crippen LogP contribution is 2.14. The zero-order valence-electron chi connectivity index (χ0n) is 12.2. The summed E-state index contributed by atoms with van der Waals surface area (Å²) in [6.45, 7) is 2.72. The number of aliphatic carboxylic acids is 1. The van der Waals surface area contributed by atoms with Crippen molar-refractivity contribution >= 4 is 23.6 Å².